The monoisotopic (exact) mass is 294 g/mol. The standard InChI is InChI=1S/C15H19ClN2O2/c1-10(2)7-17-9-15-18-8-14(20-15)12-5-4-11(16)6-13(12)19-3/h4-6,8,10,17H,7,9H2,1-3H3. The highest BCUT2D eigenvalue weighted by Gasteiger charge is 2.12. The smallest absolute Gasteiger partial charge is 0.208 e. The van der Waals surface area contributed by atoms with Gasteiger partial charge in [0.1, 0.15) is 5.75 Å². The normalized spacial score (nSPS) is 11.1. The van der Waals surface area contributed by atoms with Crippen LogP contribution in [0.25, 0.3) is 11.3 Å². The zero-order chi connectivity index (χ0) is 14.5. The molecule has 0 aliphatic carbocycles. The minimum Gasteiger partial charge on any atom is -0.496 e. The molecule has 0 spiro atoms. The fourth-order valence-electron chi connectivity index (χ4n) is 1.85. The molecule has 2 rings (SSSR count). The van der Waals surface area contributed by atoms with Gasteiger partial charge in [0.25, 0.3) is 0 Å². The molecule has 5 heteroatoms. The van der Waals surface area contributed by atoms with Gasteiger partial charge in [-0.1, -0.05) is 25.4 Å². The Kier molecular flexibility index (Phi) is 5.04. The van der Waals surface area contributed by atoms with Crippen LogP contribution in [0.2, 0.25) is 5.02 Å². The highest BCUT2D eigenvalue weighted by atomic mass is 35.5. The van der Waals surface area contributed by atoms with E-state index in [2.05, 4.69) is 24.1 Å². The summed E-state index contributed by atoms with van der Waals surface area (Å²) in [6, 6.07) is 5.43. The van der Waals surface area contributed by atoms with Crippen LogP contribution in [0.1, 0.15) is 19.7 Å². The van der Waals surface area contributed by atoms with Crippen LogP contribution in [0.3, 0.4) is 0 Å². The molecule has 0 amide bonds. The molecule has 0 atom stereocenters. The number of oxazole rings is 1. The first-order valence-corrected chi connectivity index (χ1v) is 6.97. The summed E-state index contributed by atoms with van der Waals surface area (Å²) in [6.45, 7) is 5.87. The van der Waals surface area contributed by atoms with Gasteiger partial charge < -0.3 is 14.5 Å². The summed E-state index contributed by atoms with van der Waals surface area (Å²) in [6.07, 6.45) is 1.71. The predicted molar refractivity (Wildman–Crippen MR) is 80.0 cm³/mol. The number of aromatic nitrogens is 1. The lowest BCUT2D eigenvalue weighted by Gasteiger charge is -2.06. The van der Waals surface area contributed by atoms with Crippen molar-refractivity contribution >= 4 is 11.6 Å². The third-order valence-corrected chi connectivity index (χ3v) is 3.05. The number of hydrogen-bond acceptors (Lipinski definition) is 4. The highest BCUT2D eigenvalue weighted by Crippen LogP contribution is 2.32. The summed E-state index contributed by atoms with van der Waals surface area (Å²) < 4.78 is 11.1. The first-order valence-electron chi connectivity index (χ1n) is 6.59. The molecular weight excluding hydrogens is 276 g/mol. The van der Waals surface area contributed by atoms with Gasteiger partial charge in [-0.15, -0.1) is 0 Å². The third kappa shape index (κ3) is 3.74. The molecule has 1 aromatic carbocycles. The van der Waals surface area contributed by atoms with Crippen LogP contribution in [-0.2, 0) is 6.54 Å². The lowest BCUT2D eigenvalue weighted by atomic mass is 10.1. The molecule has 108 valence electrons. The maximum absolute atomic E-state index is 5.95. The fourth-order valence-corrected chi connectivity index (χ4v) is 2.01. The molecule has 0 radical (unpaired) electrons. The van der Waals surface area contributed by atoms with Crippen LogP contribution >= 0.6 is 11.6 Å². The lowest BCUT2D eigenvalue weighted by molar-refractivity contribution is 0.412. The molecule has 20 heavy (non-hydrogen) atoms. The van der Waals surface area contributed by atoms with Crippen LogP contribution < -0.4 is 10.1 Å². The molecular formula is C15H19ClN2O2. The lowest BCUT2D eigenvalue weighted by Crippen LogP contribution is -2.18. The Morgan fingerprint density at radius 3 is 2.90 bits per heavy atom. The molecule has 2 aromatic rings. The SMILES string of the molecule is COc1cc(Cl)ccc1-c1cnc(CNCC(C)C)o1. The number of nitrogens with one attached hydrogen (secondary N) is 1. The Morgan fingerprint density at radius 1 is 1.40 bits per heavy atom. The molecule has 0 saturated carbocycles. The minimum atomic E-state index is 0.598. The molecule has 1 heterocycles. The topological polar surface area (TPSA) is 47.3 Å². The summed E-state index contributed by atoms with van der Waals surface area (Å²) >= 11 is 5.95. The van der Waals surface area contributed by atoms with E-state index in [1.54, 1.807) is 25.4 Å². The van der Waals surface area contributed by atoms with Crippen molar-refractivity contribution < 1.29 is 9.15 Å². The zero-order valence-electron chi connectivity index (χ0n) is 11.9. The molecule has 1 aromatic heterocycles. The number of rotatable bonds is 6. The Balaban J connectivity index is 2.12. The van der Waals surface area contributed by atoms with E-state index in [0.717, 1.165) is 12.1 Å². The first kappa shape index (κ1) is 14.9. The minimum absolute atomic E-state index is 0.598. The number of nitrogens with zero attached hydrogens (tertiary/aromatic N) is 1. The second kappa shape index (κ2) is 6.77. The molecule has 1 N–H and O–H groups in total. The molecule has 0 unspecified atom stereocenters. The van der Waals surface area contributed by atoms with Crippen molar-refractivity contribution in [2.75, 3.05) is 13.7 Å². The Bertz CT molecular complexity index is 567. The molecule has 0 fully saturated rings. The van der Waals surface area contributed by atoms with Gasteiger partial charge in [-0.3, -0.25) is 0 Å². The Hall–Kier alpha value is -1.52. The number of ether oxygens (including phenoxy) is 1. The van der Waals surface area contributed by atoms with E-state index in [9.17, 15) is 0 Å². The van der Waals surface area contributed by atoms with Crippen molar-refractivity contribution in [2.24, 2.45) is 5.92 Å². The number of methoxy groups -OCH3 is 1. The van der Waals surface area contributed by atoms with Gasteiger partial charge in [0.15, 0.2) is 5.76 Å². The maximum Gasteiger partial charge on any atom is 0.208 e. The van der Waals surface area contributed by atoms with Crippen LogP contribution in [-0.4, -0.2) is 18.6 Å². The zero-order valence-corrected chi connectivity index (χ0v) is 12.7. The summed E-state index contributed by atoms with van der Waals surface area (Å²) in [7, 11) is 1.61. The highest BCUT2D eigenvalue weighted by molar-refractivity contribution is 6.30. The van der Waals surface area contributed by atoms with Crippen LogP contribution in [0.5, 0.6) is 5.75 Å². The summed E-state index contributed by atoms with van der Waals surface area (Å²) in [5.41, 5.74) is 0.847. The van der Waals surface area contributed by atoms with Crippen molar-refractivity contribution in [3.05, 3.63) is 35.3 Å². The molecule has 0 aliphatic heterocycles. The predicted octanol–water partition coefficient (Wildman–Crippen LogP) is 3.75. The van der Waals surface area contributed by atoms with E-state index >= 15 is 0 Å². The van der Waals surface area contributed by atoms with Gasteiger partial charge >= 0.3 is 0 Å². The van der Waals surface area contributed by atoms with E-state index in [-0.39, 0.29) is 0 Å². The van der Waals surface area contributed by atoms with Gasteiger partial charge in [0, 0.05) is 5.02 Å². The average molecular weight is 295 g/mol. The average Bonchev–Trinajstić information content (AvgIpc) is 2.86. The second-order valence-corrected chi connectivity index (χ2v) is 5.42. The Morgan fingerprint density at radius 2 is 2.20 bits per heavy atom. The van der Waals surface area contributed by atoms with E-state index in [1.807, 2.05) is 6.07 Å². The molecule has 0 saturated heterocycles. The van der Waals surface area contributed by atoms with E-state index in [0.29, 0.717) is 34.9 Å². The molecule has 0 bridgehead atoms. The summed E-state index contributed by atoms with van der Waals surface area (Å²) in [5.74, 6) is 2.62. The maximum atomic E-state index is 5.95. The van der Waals surface area contributed by atoms with Crippen LogP contribution in [0, 0.1) is 5.92 Å². The number of halogens is 1. The van der Waals surface area contributed by atoms with Gasteiger partial charge in [-0.25, -0.2) is 4.98 Å². The van der Waals surface area contributed by atoms with Crippen molar-refractivity contribution in [2.45, 2.75) is 20.4 Å². The van der Waals surface area contributed by atoms with Gasteiger partial charge in [0.2, 0.25) is 5.89 Å². The number of benzene rings is 1. The largest absolute Gasteiger partial charge is 0.496 e. The van der Waals surface area contributed by atoms with Crippen LogP contribution in [0.4, 0.5) is 0 Å². The van der Waals surface area contributed by atoms with E-state index in [1.165, 1.54) is 0 Å². The third-order valence-electron chi connectivity index (χ3n) is 2.81. The van der Waals surface area contributed by atoms with E-state index < -0.39 is 0 Å². The Labute approximate surface area is 124 Å². The van der Waals surface area contributed by atoms with Gasteiger partial charge in [-0.05, 0) is 30.7 Å². The van der Waals surface area contributed by atoms with Gasteiger partial charge in [-0.2, -0.15) is 0 Å². The first-order chi connectivity index (χ1) is 9.60. The van der Waals surface area contributed by atoms with Gasteiger partial charge in [0.05, 0.1) is 25.4 Å². The van der Waals surface area contributed by atoms with Crippen molar-refractivity contribution in [1.29, 1.82) is 0 Å². The van der Waals surface area contributed by atoms with Crippen molar-refractivity contribution in [1.82, 2.24) is 10.3 Å². The summed E-state index contributed by atoms with van der Waals surface area (Å²) in [4.78, 5) is 4.27. The van der Waals surface area contributed by atoms with Crippen LogP contribution in [0.15, 0.2) is 28.8 Å². The molecule has 0 aliphatic rings. The van der Waals surface area contributed by atoms with Crippen molar-refractivity contribution in [3.63, 3.8) is 0 Å². The van der Waals surface area contributed by atoms with E-state index in [4.69, 9.17) is 20.8 Å². The second-order valence-electron chi connectivity index (χ2n) is 4.99. The quantitative estimate of drug-likeness (QED) is 0.881. The molecule has 4 nitrogen and oxygen atoms in total. The number of hydrogen-bond donors (Lipinski definition) is 1. The fraction of sp³-hybridized carbons (Fsp3) is 0.400. The van der Waals surface area contributed by atoms with Crippen molar-refractivity contribution in [3.8, 4) is 17.1 Å². The summed E-state index contributed by atoms with van der Waals surface area (Å²) in [5, 5.41) is 3.92.